The molecule has 3 aromatic rings. The fourth-order valence-corrected chi connectivity index (χ4v) is 5.63. The lowest BCUT2D eigenvalue weighted by atomic mass is 9.94. The van der Waals surface area contributed by atoms with Crippen molar-refractivity contribution in [1.29, 1.82) is 0 Å². The summed E-state index contributed by atoms with van der Waals surface area (Å²) in [7, 11) is -3.98. The second-order valence-corrected chi connectivity index (χ2v) is 10.1. The Kier molecular flexibility index (Phi) is 5.95. The summed E-state index contributed by atoms with van der Waals surface area (Å²) in [4.78, 5) is 0.0840. The van der Waals surface area contributed by atoms with E-state index in [1.165, 1.54) is 12.1 Å². The van der Waals surface area contributed by atoms with Crippen molar-refractivity contribution in [2.24, 2.45) is 10.9 Å². The van der Waals surface area contributed by atoms with E-state index < -0.39 is 21.3 Å². The second-order valence-electron chi connectivity index (χ2n) is 8.17. The number of rotatable bonds is 6. The predicted molar refractivity (Wildman–Crippen MR) is 124 cm³/mol. The van der Waals surface area contributed by atoms with Gasteiger partial charge >= 0.3 is 0 Å². The molecule has 0 radical (unpaired) electrons. The Bertz CT molecular complexity index is 1340. The molecule has 1 aliphatic heterocycles. The Hall–Kier alpha value is -3.65. The van der Waals surface area contributed by atoms with Gasteiger partial charge in [0, 0.05) is 24.0 Å². The van der Waals surface area contributed by atoms with E-state index >= 15 is 0 Å². The molecule has 3 N–H and O–H groups in total. The predicted octanol–water partition coefficient (Wildman–Crippen LogP) is 4.48. The third-order valence-corrected chi connectivity index (χ3v) is 7.40. The molecular formula is C25H23FN2O4S. The highest BCUT2D eigenvalue weighted by Gasteiger charge is 2.43. The van der Waals surface area contributed by atoms with Crippen molar-refractivity contribution in [1.82, 2.24) is 0 Å². The highest BCUT2D eigenvalue weighted by molar-refractivity contribution is 7.95. The van der Waals surface area contributed by atoms with Crippen LogP contribution in [0.25, 0.3) is 5.76 Å². The maximum Gasteiger partial charge on any atom is 0.206 e. The van der Waals surface area contributed by atoms with Crippen molar-refractivity contribution < 1.29 is 22.8 Å². The van der Waals surface area contributed by atoms with Crippen molar-refractivity contribution in [3.8, 4) is 0 Å². The molecule has 0 saturated carbocycles. The van der Waals surface area contributed by atoms with E-state index in [1.807, 2.05) is 37.3 Å². The molecule has 1 heterocycles. The van der Waals surface area contributed by atoms with Crippen LogP contribution in [0.3, 0.4) is 0 Å². The highest BCUT2D eigenvalue weighted by atomic mass is 32.2. The van der Waals surface area contributed by atoms with Gasteiger partial charge in [0.2, 0.25) is 9.84 Å². The summed E-state index contributed by atoms with van der Waals surface area (Å²) in [6.07, 6.45) is 0.616. The summed E-state index contributed by atoms with van der Waals surface area (Å²) in [6.45, 7) is 1.86. The summed E-state index contributed by atoms with van der Waals surface area (Å²) >= 11 is 0. The van der Waals surface area contributed by atoms with Crippen LogP contribution in [0.2, 0.25) is 0 Å². The number of amidine groups is 1. The van der Waals surface area contributed by atoms with E-state index in [2.05, 4.69) is 5.16 Å². The summed E-state index contributed by atoms with van der Waals surface area (Å²) in [5, 5.41) is 12.1. The monoisotopic (exact) mass is 466 g/mol. The molecule has 0 aromatic heterocycles. The number of nitrogens with zero attached hydrogens (tertiary/aromatic N) is 1. The third kappa shape index (κ3) is 4.61. The Balaban J connectivity index is 1.82. The molecule has 0 saturated heterocycles. The fraction of sp³-hybridized carbons (Fsp3) is 0.160. The maximum absolute atomic E-state index is 13.6. The zero-order valence-corrected chi connectivity index (χ0v) is 18.7. The number of halogens is 1. The molecule has 1 aliphatic rings. The van der Waals surface area contributed by atoms with Crippen LogP contribution in [0, 0.1) is 5.82 Å². The average molecular weight is 467 g/mol. The van der Waals surface area contributed by atoms with Crippen LogP contribution in [0.1, 0.15) is 30.0 Å². The minimum absolute atomic E-state index is 0.0171. The van der Waals surface area contributed by atoms with E-state index in [0.29, 0.717) is 17.5 Å². The largest absolute Gasteiger partial charge is 0.485 e. The molecule has 0 amide bonds. The smallest absolute Gasteiger partial charge is 0.206 e. The Morgan fingerprint density at radius 2 is 1.79 bits per heavy atom. The first-order valence-corrected chi connectivity index (χ1v) is 11.8. The van der Waals surface area contributed by atoms with Crippen LogP contribution in [0.4, 0.5) is 4.39 Å². The van der Waals surface area contributed by atoms with Crippen molar-refractivity contribution in [2.45, 2.75) is 30.3 Å². The number of oxime groups is 1. The highest BCUT2D eigenvalue weighted by Crippen LogP contribution is 2.45. The SMILES string of the molecule is CC1(Cc2ccccc2)CC(S(=O)(=O)c2ccc(F)cc2)=C(c2cccc(/C(N)=N/O)c2)O1. The van der Waals surface area contributed by atoms with Crippen molar-refractivity contribution in [3.05, 3.63) is 106 Å². The molecular weight excluding hydrogens is 443 g/mol. The molecule has 8 heteroatoms. The van der Waals surface area contributed by atoms with Gasteiger partial charge in [0.15, 0.2) is 5.84 Å². The van der Waals surface area contributed by atoms with E-state index in [-0.39, 0.29) is 27.8 Å². The van der Waals surface area contributed by atoms with Gasteiger partial charge in [-0.15, -0.1) is 0 Å². The molecule has 4 rings (SSSR count). The van der Waals surface area contributed by atoms with Gasteiger partial charge in [0.25, 0.3) is 0 Å². The van der Waals surface area contributed by atoms with Crippen LogP contribution in [0.15, 0.2) is 93.8 Å². The number of ether oxygens (including phenoxy) is 1. The molecule has 1 atom stereocenters. The van der Waals surface area contributed by atoms with Crippen LogP contribution in [0.5, 0.6) is 0 Å². The van der Waals surface area contributed by atoms with Gasteiger partial charge in [0.1, 0.15) is 17.2 Å². The third-order valence-electron chi connectivity index (χ3n) is 5.53. The fourth-order valence-electron chi connectivity index (χ4n) is 3.96. The first kappa shape index (κ1) is 22.5. The van der Waals surface area contributed by atoms with E-state index in [0.717, 1.165) is 17.7 Å². The summed E-state index contributed by atoms with van der Waals surface area (Å²) in [5.74, 6) is -0.429. The lowest BCUT2D eigenvalue weighted by Crippen LogP contribution is -2.27. The summed E-state index contributed by atoms with van der Waals surface area (Å²) in [5.41, 5.74) is 6.81. The van der Waals surface area contributed by atoms with Gasteiger partial charge in [-0.25, -0.2) is 12.8 Å². The molecule has 0 aliphatic carbocycles. The van der Waals surface area contributed by atoms with Gasteiger partial charge < -0.3 is 15.7 Å². The normalized spacial score (nSPS) is 18.9. The molecule has 0 fully saturated rings. The standard InChI is InChI=1S/C25H23FN2O4S/c1-25(15-17-6-3-2-4-7-17)16-22(33(30,31)21-12-10-20(26)11-13-21)23(32-25)18-8-5-9-19(14-18)24(27)28-29/h2-14,29H,15-16H2,1H3,(H2,27,28). The lowest BCUT2D eigenvalue weighted by molar-refractivity contribution is 0.0800. The van der Waals surface area contributed by atoms with E-state index in [4.69, 9.17) is 15.7 Å². The van der Waals surface area contributed by atoms with Crippen molar-refractivity contribution >= 4 is 21.4 Å². The minimum Gasteiger partial charge on any atom is -0.485 e. The van der Waals surface area contributed by atoms with Gasteiger partial charge in [0.05, 0.1) is 9.80 Å². The van der Waals surface area contributed by atoms with Gasteiger partial charge in [-0.05, 0) is 42.8 Å². The quantitative estimate of drug-likeness (QED) is 0.183. The van der Waals surface area contributed by atoms with Crippen LogP contribution in [-0.4, -0.2) is 25.1 Å². The number of benzene rings is 3. The van der Waals surface area contributed by atoms with Gasteiger partial charge in [-0.3, -0.25) is 0 Å². The number of sulfone groups is 1. The Morgan fingerprint density at radius 3 is 2.45 bits per heavy atom. The van der Waals surface area contributed by atoms with E-state index in [1.54, 1.807) is 24.3 Å². The van der Waals surface area contributed by atoms with E-state index in [9.17, 15) is 12.8 Å². The Labute approximate surface area is 191 Å². The van der Waals surface area contributed by atoms with Crippen molar-refractivity contribution in [3.63, 3.8) is 0 Å². The topological polar surface area (TPSA) is 102 Å². The zero-order chi connectivity index (χ0) is 23.6. The minimum atomic E-state index is -3.98. The molecule has 170 valence electrons. The summed E-state index contributed by atoms with van der Waals surface area (Å²) in [6, 6.07) is 21.0. The van der Waals surface area contributed by atoms with Crippen LogP contribution < -0.4 is 5.73 Å². The molecule has 0 spiro atoms. The molecule has 6 nitrogen and oxygen atoms in total. The van der Waals surface area contributed by atoms with Gasteiger partial charge in [-0.2, -0.15) is 0 Å². The first-order chi connectivity index (χ1) is 15.7. The number of hydrogen-bond acceptors (Lipinski definition) is 5. The van der Waals surface area contributed by atoms with Crippen molar-refractivity contribution in [2.75, 3.05) is 0 Å². The summed E-state index contributed by atoms with van der Waals surface area (Å²) < 4.78 is 47.0. The number of nitrogens with two attached hydrogens (primary N) is 1. The molecule has 3 aromatic carbocycles. The lowest BCUT2D eigenvalue weighted by Gasteiger charge is -2.25. The maximum atomic E-state index is 13.6. The average Bonchev–Trinajstić information content (AvgIpc) is 3.17. The van der Waals surface area contributed by atoms with Crippen LogP contribution >= 0.6 is 0 Å². The molecule has 33 heavy (non-hydrogen) atoms. The zero-order valence-electron chi connectivity index (χ0n) is 17.9. The second kappa shape index (κ2) is 8.71. The Morgan fingerprint density at radius 1 is 1.09 bits per heavy atom. The molecule has 0 bridgehead atoms. The van der Waals surface area contributed by atoms with Crippen LogP contribution in [-0.2, 0) is 21.0 Å². The number of hydrogen-bond donors (Lipinski definition) is 2. The first-order valence-electron chi connectivity index (χ1n) is 10.3. The van der Waals surface area contributed by atoms with Gasteiger partial charge in [-0.1, -0.05) is 53.7 Å². The molecule has 1 unspecified atom stereocenters.